The lowest BCUT2D eigenvalue weighted by Gasteiger charge is -2.07. The number of amides is 2. The number of carbonyl (C=O) groups excluding carboxylic acids is 2. The molecular formula is C18H24N2O2. The monoisotopic (exact) mass is 300 g/mol. The molecule has 0 spiro atoms. The van der Waals surface area contributed by atoms with Gasteiger partial charge in [0.05, 0.1) is 5.92 Å². The van der Waals surface area contributed by atoms with Crippen LogP contribution in [0.1, 0.15) is 34.6 Å². The van der Waals surface area contributed by atoms with Crippen molar-refractivity contribution in [3.8, 4) is 0 Å². The van der Waals surface area contributed by atoms with E-state index < -0.39 is 0 Å². The minimum Gasteiger partial charge on any atom is -0.326 e. The van der Waals surface area contributed by atoms with Crippen LogP contribution in [0.2, 0.25) is 0 Å². The quantitative estimate of drug-likeness (QED) is 0.830. The molecule has 0 heterocycles. The molecule has 0 aromatic heterocycles. The standard InChI is InChI=1S/C18H24N2O2/c1-11(2)10-15-16(18(15,4)5)17(22)20-14-8-6-13(7-9-14)19-12(3)21/h6-10,15-16H,1-5H3,(H,19,21)(H,20,22)/t15-,16+/m1/s1. The third-order valence-corrected chi connectivity index (χ3v) is 4.18. The Balaban J connectivity index is 2.01. The van der Waals surface area contributed by atoms with Gasteiger partial charge in [-0.15, -0.1) is 0 Å². The van der Waals surface area contributed by atoms with Crippen LogP contribution in [0.15, 0.2) is 35.9 Å². The van der Waals surface area contributed by atoms with Crippen molar-refractivity contribution in [1.29, 1.82) is 0 Å². The second kappa shape index (κ2) is 5.95. The van der Waals surface area contributed by atoms with E-state index in [0.29, 0.717) is 5.92 Å². The molecule has 0 radical (unpaired) electrons. The van der Waals surface area contributed by atoms with Crippen LogP contribution >= 0.6 is 0 Å². The Labute approximate surface area is 132 Å². The first kappa shape index (κ1) is 16.3. The third kappa shape index (κ3) is 3.56. The van der Waals surface area contributed by atoms with Crippen LogP contribution in [-0.4, -0.2) is 11.8 Å². The first-order valence-corrected chi connectivity index (χ1v) is 7.55. The summed E-state index contributed by atoms with van der Waals surface area (Å²) in [5.74, 6) is 0.259. The molecule has 2 N–H and O–H groups in total. The summed E-state index contributed by atoms with van der Waals surface area (Å²) in [5, 5.41) is 5.67. The molecule has 0 bridgehead atoms. The van der Waals surface area contributed by atoms with E-state index in [1.807, 2.05) is 0 Å². The molecule has 118 valence electrons. The van der Waals surface area contributed by atoms with Crippen molar-refractivity contribution in [1.82, 2.24) is 0 Å². The van der Waals surface area contributed by atoms with Gasteiger partial charge in [-0.2, -0.15) is 0 Å². The molecule has 1 aromatic rings. The molecule has 4 heteroatoms. The van der Waals surface area contributed by atoms with E-state index in [0.717, 1.165) is 11.4 Å². The van der Waals surface area contributed by atoms with Gasteiger partial charge in [-0.3, -0.25) is 9.59 Å². The predicted molar refractivity (Wildman–Crippen MR) is 89.6 cm³/mol. The number of hydrogen-bond donors (Lipinski definition) is 2. The van der Waals surface area contributed by atoms with Gasteiger partial charge in [-0.05, 0) is 49.4 Å². The van der Waals surface area contributed by atoms with Crippen molar-refractivity contribution in [3.05, 3.63) is 35.9 Å². The lowest BCUT2D eigenvalue weighted by atomic mass is 10.1. The minimum absolute atomic E-state index is 0.0114. The highest BCUT2D eigenvalue weighted by Gasteiger charge is 2.60. The van der Waals surface area contributed by atoms with Crippen LogP contribution in [0.4, 0.5) is 11.4 Å². The van der Waals surface area contributed by atoms with E-state index in [1.165, 1.54) is 12.5 Å². The first-order valence-electron chi connectivity index (χ1n) is 7.55. The number of rotatable bonds is 4. The minimum atomic E-state index is -0.110. The summed E-state index contributed by atoms with van der Waals surface area (Å²) >= 11 is 0. The highest BCUT2D eigenvalue weighted by Crippen LogP contribution is 2.59. The van der Waals surface area contributed by atoms with Crippen molar-refractivity contribution in [2.75, 3.05) is 10.6 Å². The molecule has 22 heavy (non-hydrogen) atoms. The molecule has 1 aliphatic carbocycles. The fourth-order valence-electron chi connectivity index (χ4n) is 2.91. The number of benzene rings is 1. The zero-order valence-electron chi connectivity index (χ0n) is 13.9. The molecular weight excluding hydrogens is 276 g/mol. The maximum absolute atomic E-state index is 12.4. The molecule has 1 saturated carbocycles. The maximum Gasteiger partial charge on any atom is 0.228 e. The predicted octanol–water partition coefficient (Wildman–Crippen LogP) is 3.82. The summed E-state index contributed by atoms with van der Waals surface area (Å²) in [6, 6.07) is 7.16. The second-order valence-electron chi connectivity index (χ2n) is 6.82. The summed E-state index contributed by atoms with van der Waals surface area (Å²) in [4.78, 5) is 23.4. The van der Waals surface area contributed by atoms with Crippen molar-refractivity contribution in [2.24, 2.45) is 17.3 Å². The third-order valence-electron chi connectivity index (χ3n) is 4.18. The second-order valence-corrected chi connectivity index (χ2v) is 6.82. The lowest BCUT2D eigenvalue weighted by Crippen LogP contribution is -2.16. The van der Waals surface area contributed by atoms with E-state index >= 15 is 0 Å². The number of allylic oxidation sites excluding steroid dienone is 2. The average Bonchev–Trinajstić information content (AvgIpc) is 2.91. The Morgan fingerprint density at radius 2 is 1.50 bits per heavy atom. The van der Waals surface area contributed by atoms with E-state index in [4.69, 9.17) is 0 Å². The van der Waals surface area contributed by atoms with Gasteiger partial charge in [0.1, 0.15) is 0 Å². The largest absolute Gasteiger partial charge is 0.326 e. The summed E-state index contributed by atoms with van der Waals surface area (Å²) in [6.07, 6.45) is 2.18. The van der Waals surface area contributed by atoms with Gasteiger partial charge in [0, 0.05) is 18.3 Å². The Morgan fingerprint density at radius 1 is 1.00 bits per heavy atom. The Bertz CT molecular complexity index is 610. The molecule has 0 aliphatic heterocycles. The van der Waals surface area contributed by atoms with Crippen LogP contribution in [0.5, 0.6) is 0 Å². The number of nitrogens with one attached hydrogen (secondary N) is 2. The molecule has 1 aliphatic rings. The molecule has 2 atom stereocenters. The van der Waals surface area contributed by atoms with Crippen LogP contribution in [0.25, 0.3) is 0 Å². The zero-order valence-corrected chi connectivity index (χ0v) is 13.9. The van der Waals surface area contributed by atoms with E-state index in [9.17, 15) is 9.59 Å². The molecule has 1 aromatic carbocycles. The van der Waals surface area contributed by atoms with Crippen molar-refractivity contribution < 1.29 is 9.59 Å². The van der Waals surface area contributed by atoms with Crippen LogP contribution < -0.4 is 10.6 Å². The normalized spacial score (nSPS) is 21.7. The topological polar surface area (TPSA) is 58.2 Å². The molecule has 2 rings (SSSR count). The highest BCUT2D eigenvalue weighted by molar-refractivity contribution is 5.96. The summed E-state index contributed by atoms with van der Waals surface area (Å²) in [7, 11) is 0. The van der Waals surface area contributed by atoms with E-state index in [2.05, 4.69) is 44.4 Å². The summed E-state index contributed by atoms with van der Waals surface area (Å²) in [5.41, 5.74) is 2.72. The van der Waals surface area contributed by atoms with E-state index in [1.54, 1.807) is 24.3 Å². The van der Waals surface area contributed by atoms with Gasteiger partial charge >= 0.3 is 0 Å². The molecule has 4 nitrogen and oxygen atoms in total. The molecule has 0 saturated heterocycles. The fraction of sp³-hybridized carbons (Fsp3) is 0.444. The van der Waals surface area contributed by atoms with Crippen LogP contribution in [0.3, 0.4) is 0 Å². The van der Waals surface area contributed by atoms with E-state index in [-0.39, 0.29) is 23.1 Å². The smallest absolute Gasteiger partial charge is 0.228 e. The zero-order chi connectivity index (χ0) is 16.5. The van der Waals surface area contributed by atoms with Crippen molar-refractivity contribution >= 4 is 23.2 Å². The average molecular weight is 300 g/mol. The van der Waals surface area contributed by atoms with Gasteiger partial charge in [0.2, 0.25) is 11.8 Å². The molecule has 2 amide bonds. The summed E-state index contributed by atoms with van der Waals surface area (Å²) in [6.45, 7) is 9.84. The Morgan fingerprint density at radius 3 is 1.95 bits per heavy atom. The van der Waals surface area contributed by atoms with Gasteiger partial charge in [-0.1, -0.05) is 25.5 Å². The number of anilines is 2. The lowest BCUT2D eigenvalue weighted by molar-refractivity contribution is -0.118. The highest BCUT2D eigenvalue weighted by atomic mass is 16.2. The molecule has 1 fully saturated rings. The Kier molecular flexibility index (Phi) is 4.40. The van der Waals surface area contributed by atoms with Crippen LogP contribution in [0, 0.1) is 17.3 Å². The van der Waals surface area contributed by atoms with Gasteiger partial charge in [0.25, 0.3) is 0 Å². The maximum atomic E-state index is 12.4. The van der Waals surface area contributed by atoms with Crippen molar-refractivity contribution in [2.45, 2.75) is 34.6 Å². The SMILES string of the molecule is CC(=O)Nc1ccc(NC(=O)[C@@H]2[C@@H](C=C(C)C)C2(C)C)cc1. The summed E-state index contributed by atoms with van der Waals surface area (Å²) < 4.78 is 0. The van der Waals surface area contributed by atoms with Gasteiger partial charge < -0.3 is 10.6 Å². The Hall–Kier alpha value is -2.10. The first-order chi connectivity index (χ1) is 10.2. The van der Waals surface area contributed by atoms with Crippen molar-refractivity contribution in [3.63, 3.8) is 0 Å². The van der Waals surface area contributed by atoms with Gasteiger partial charge in [0.15, 0.2) is 0 Å². The van der Waals surface area contributed by atoms with Crippen LogP contribution in [-0.2, 0) is 9.59 Å². The number of carbonyl (C=O) groups is 2. The van der Waals surface area contributed by atoms with Gasteiger partial charge in [-0.25, -0.2) is 0 Å². The number of hydrogen-bond acceptors (Lipinski definition) is 2. The fourth-order valence-corrected chi connectivity index (χ4v) is 2.91. The molecule has 0 unspecified atom stereocenters.